The van der Waals surface area contributed by atoms with Crippen LogP contribution in [0.2, 0.25) is 0 Å². The molecule has 0 radical (unpaired) electrons. The van der Waals surface area contributed by atoms with E-state index in [1.54, 1.807) is 6.33 Å². The van der Waals surface area contributed by atoms with Crippen molar-refractivity contribution in [1.82, 2.24) is 14.9 Å². The van der Waals surface area contributed by atoms with Gasteiger partial charge < -0.3 is 20.3 Å². The number of anilines is 2. The Morgan fingerprint density at radius 1 is 1.13 bits per heavy atom. The van der Waals surface area contributed by atoms with Crippen molar-refractivity contribution < 1.29 is 4.74 Å². The van der Waals surface area contributed by atoms with Gasteiger partial charge in [-0.1, -0.05) is 6.42 Å². The Kier molecular flexibility index (Phi) is 5.20. The molecule has 2 N–H and O–H groups in total. The molecule has 1 aliphatic carbocycles. The molecule has 128 valence electrons. The number of hydrogen-bond donors (Lipinski definition) is 1. The molecular formula is C17H29N5O. The molecule has 3 rings (SSSR count). The van der Waals surface area contributed by atoms with E-state index in [4.69, 9.17) is 10.5 Å². The van der Waals surface area contributed by atoms with Gasteiger partial charge in [-0.15, -0.1) is 0 Å². The second-order valence-electron chi connectivity index (χ2n) is 6.94. The zero-order valence-corrected chi connectivity index (χ0v) is 14.4. The highest BCUT2D eigenvalue weighted by Crippen LogP contribution is 2.32. The fourth-order valence-electron chi connectivity index (χ4n) is 3.64. The standard InChI is InChI=1S/C17H29N5O/c1-21-10-8-13(9-11-21)22(2)16-15(18)17(20-12-19-16)23-14-6-4-3-5-7-14/h12-14H,3-11,18H2,1-2H3. The van der Waals surface area contributed by atoms with Crippen LogP contribution in [0.5, 0.6) is 5.88 Å². The SMILES string of the molecule is CN1CCC(N(C)c2ncnc(OC3CCCCC3)c2N)CC1. The van der Waals surface area contributed by atoms with Gasteiger partial charge in [0.2, 0.25) is 5.88 Å². The third-order valence-corrected chi connectivity index (χ3v) is 5.23. The van der Waals surface area contributed by atoms with Gasteiger partial charge in [0.25, 0.3) is 0 Å². The Hall–Kier alpha value is -1.56. The van der Waals surface area contributed by atoms with Gasteiger partial charge in [0.1, 0.15) is 18.1 Å². The summed E-state index contributed by atoms with van der Waals surface area (Å²) in [5, 5.41) is 0. The van der Waals surface area contributed by atoms with Gasteiger partial charge in [0, 0.05) is 13.1 Å². The van der Waals surface area contributed by atoms with Crippen molar-refractivity contribution in [3.63, 3.8) is 0 Å². The van der Waals surface area contributed by atoms with Crippen molar-refractivity contribution in [1.29, 1.82) is 0 Å². The Labute approximate surface area is 139 Å². The number of nitrogens with two attached hydrogens (primary N) is 1. The van der Waals surface area contributed by atoms with Crippen molar-refractivity contribution in [2.45, 2.75) is 57.1 Å². The van der Waals surface area contributed by atoms with E-state index in [0.717, 1.165) is 44.6 Å². The van der Waals surface area contributed by atoms with E-state index < -0.39 is 0 Å². The first-order valence-electron chi connectivity index (χ1n) is 8.83. The zero-order valence-electron chi connectivity index (χ0n) is 14.4. The smallest absolute Gasteiger partial charge is 0.242 e. The van der Waals surface area contributed by atoms with Gasteiger partial charge in [0.15, 0.2) is 5.82 Å². The molecule has 2 heterocycles. The van der Waals surface area contributed by atoms with Crippen molar-refractivity contribution in [3.05, 3.63) is 6.33 Å². The van der Waals surface area contributed by atoms with Gasteiger partial charge in [-0.2, -0.15) is 4.98 Å². The normalized spacial score (nSPS) is 21.3. The van der Waals surface area contributed by atoms with Crippen LogP contribution >= 0.6 is 0 Å². The Morgan fingerprint density at radius 2 is 1.83 bits per heavy atom. The lowest BCUT2D eigenvalue weighted by atomic mass is 9.98. The molecule has 1 aromatic heterocycles. The molecule has 1 saturated carbocycles. The molecule has 0 bridgehead atoms. The number of nitrogens with zero attached hydrogens (tertiary/aromatic N) is 4. The molecule has 1 saturated heterocycles. The van der Waals surface area contributed by atoms with Crippen LogP contribution in [0.25, 0.3) is 0 Å². The van der Waals surface area contributed by atoms with E-state index in [9.17, 15) is 0 Å². The maximum absolute atomic E-state index is 6.33. The van der Waals surface area contributed by atoms with Crippen LogP contribution in [0, 0.1) is 0 Å². The summed E-state index contributed by atoms with van der Waals surface area (Å²) < 4.78 is 6.07. The van der Waals surface area contributed by atoms with Gasteiger partial charge in [-0.3, -0.25) is 0 Å². The maximum Gasteiger partial charge on any atom is 0.242 e. The van der Waals surface area contributed by atoms with Gasteiger partial charge in [-0.25, -0.2) is 4.98 Å². The molecule has 2 aliphatic rings. The van der Waals surface area contributed by atoms with E-state index in [0.29, 0.717) is 17.6 Å². The van der Waals surface area contributed by atoms with E-state index in [-0.39, 0.29) is 6.10 Å². The second kappa shape index (κ2) is 7.34. The summed E-state index contributed by atoms with van der Waals surface area (Å²) in [6.45, 7) is 2.23. The lowest BCUT2D eigenvalue weighted by Crippen LogP contribution is -2.42. The third-order valence-electron chi connectivity index (χ3n) is 5.23. The molecule has 0 amide bonds. The van der Waals surface area contributed by atoms with Crippen molar-refractivity contribution in [2.75, 3.05) is 37.8 Å². The van der Waals surface area contributed by atoms with Crippen LogP contribution in [-0.4, -0.2) is 54.2 Å². The Bertz CT molecular complexity index is 510. The highest BCUT2D eigenvalue weighted by Gasteiger charge is 2.25. The van der Waals surface area contributed by atoms with Crippen molar-refractivity contribution in [3.8, 4) is 5.88 Å². The number of rotatable bonds is 4. The summed E-state index contributed by atoms with van der Waals surface area (Å²) in [7, 11) is 4.25. The number of nitrogen functional groups attached to an aromatic ring is 1. The number of aromatic nitrogens is 2. The Balaban J connectivity index is 1.70. The topological polar surface area (TPSA) is 67.5 Å². The molecule has 6 nitrogen and oxygen atoms in total. The average molecular weight is 319 g/mol. The van der Waals surface area contributed by atoms with Gasteiger partial charge in [-0.05, 0) is 58.7 Å². The van der Waals surface area contributed by atoms with E-state index >= 15 is 0 Å². The van der Waals surface area contributed by atoms with Crippen LogP contribution in [-0.2, 0) is 0 Å². The molecule has 1 aromatic rings. The molecule has 2 fully saturated rings. The first-order chi connectivity index (χ1) is 11.1. The highest BCUT2D eigenvalue weighted by molar-refractivity contribution is 5.67. The summed E-state index contributed by atoms with van der Waals surface area (Å²) in [4.78, 5) is 13.3. The minimum atomic E-state index is 0.252. The van der Waals surface area contributed by atoms with Crippen LogP contribution in [0.3, 0.4) is 0 Å². The summed E-state index contributed by atoms with van der Waals surface area (Å²) >= 11 is 0. The number of likely N-dealkylation sites (tertiary alicyclic amines) is 1. The first kappa shape index (κ1) is 16.3. The van der Waals surface area contributed by atoms with Crippen molar-refractivity contribution in [2.24, 2.45) is 0 Å². The third kappa shape index (κ3) is 3.86. The molecular weight excluding hydrogens is 290 g/mol. The molecule has 0 atom stereocenters. The molecule has 0 unspecified atom stereocenters. The second-order valence-corrected chi connectivity index (χ2v) is 6.94. The first-order valence-corrected chi connectivity index (χ1v) is 8.83. The van der Waals surface area contributed by atoms with Gasteiger partial charge >= 0.3 is 0 Å². The summed E-state index contributed by atoms with van der Waals surface area (Å²) in [5.74, 6) is 1.36. The summed E-state index contributed by atoms with van der Waals surface area (Å²) in [5.41, 5.74) is 6.92. The number of ether oxygens (including phenoxy) is 1. The van der Waals surface area contributed by atoms with E-state index in [1.165, 1.54) is 19.3 Å². The predicted octanol–water partition coefficient (Wildman–Crippen LogP) is 2.30. The average Bonchev–Trinajstić information content (AvgIpc) is 2.58. The fourth-order valence-corrected chi connectivity index (χ4v) is 3.64. The molecule has 0 spiro atoms. The van der Waals surface area contributed by atoms with Crippen LogP contribution in [0.1, 0.15) is 44.9 Å². The van der Waals surface area contributed by atoms with Crippen LogP contribution in [0.4, 0.5) is 11.5 Å². The quantitative estimate of drug-likeness (QED) is 0.918. The summed E-state index contributed by atoms with van der Waals surface area (Å²) in [6, 6.07) is 0.478. The van der Waals surface area contributed by atoms with Crippen LogP contribution in [0.15, 0.2) is 6.33 Å². The highest BCUT2D eigenvalue weighted by atomic mass is 16.5. The predicted molar refractivity (Wildman–Crippen MR) is 92.9 cm³/mol. The monoisotopic (exact) mass is 319 g/mol. The molecule has 1 aliphatic heterocycles. The van der Waals surface area contributed by atoms with Crippen LogP contribution < -0.4 is 15.4 Å². The van der Waals surface area contributed by atoms with E-state index in [2.05, 4.69) is 33.9 Å². The number of hydrogen-bond acceptors (Lipinski definition) is 6. The molecule has 0 aromatic carbocycles. The summed E-state index contributed by atoms with van der Waals surface area (Å²) in [6.07, 6.45) is 10.1. The van der Waals surface area contributed by atoms with Gasteiger partial charge in [0.05, 0.1) is 0 Å². The fraction of sp³-hybridized carbons (Fsp3) is 0.765. The minimum Gasteiger partial charge on any atom is -0.473 e. The lowest BCUT2D eigenvalue weighted by molar-refractivity contribution is 0.149. The molecule has 6 heteroatoms. The molecule has 23 heavy (non-hydrogen) atoms. The number of piperidine rings is 1. The zero-order chi connectivity index (χ0) is 16.2. The lowest BCUT2D eigenvalue weighted by Gasteiger charge is -2.36. The largest absolute Gasteiger partial charge is 0.473 e. The Morgan fingerprint density at radius 3 is 2.52 bits per heavy atom. The van der Waals surface area contributed by atoms with Crippen molar-refractivity contribution >= 4 is 11.5 Å². The van der Waals surface area contributed by atoms with E-state index in [1.807, 2.05) is 0 Å². The minimum absolute atomic E-state index is 0.252. The maximum atomic E-state index is 6.33.